The molecule has 4 nitrogen and oxygen atoms in total. The number of benzene rings is 1. The van der Waals surface area contributed by atoms with Crippen LogP contribution in [0.4, 0.5) is 4.39 Å². The summed E-state index contributed by atoms with van der Waals surface area (Å²) in [5.41, 5.74) is -0.0295. The first-order valence-electron chi connectivity index (χ1n) is 3.98. The number of halogens is 1. The third-order valence-corrected chi connectivity index (χ3v) is 1.94. The van der Waals surface area contributed by atoms with E-state index in [2.05, 4.69) is 4.98 Å². The molecule has 0 unspecified atom stereocenters. The van der Waals surface area contributed by atoms with Crippen molar-refractivity contribution < 1.29 is 9.50 Å². The maximum absolute atomic E-state index is 12.8. The first-order valence-corrected chi connectivity index (χ1v) is 3.98. The van der Waals surface area contributed by atoms with Gasteiger partial charge < -0.3 is 5.11 Å². The third kappa shape index (κ3) is 1.27. The zero-order valence-electron chi connectivity index (χ0n) is 7.14. The average molecular weight is 194 g/mol. The molecule has 1 aromatic carbocycles. The molecule has 0 bridgehead atoms. The SMILES string of the molecule is O=c1c2cc(F)ccc2ncn1CO. The van der Waals surface area contributed by atoms with Crippen LogP contribution in [0.1, 0.15) is 0 Å². The highest BCUT2D eigenvalue weighted by molar-refractivity contribution is 5.77. The Morgan fingerprint density at radius 3 is 3.00 bits per heavy atom. The van der Waals surface area contributed by atoms with Crippen molar-refractivity contribution in [3.05, 3.63) is 40.7 Å². The molecule has 1 heterocycles. The Bertz CT molecular complexity index is 536. The minimum Gasteiger partial charge on any atom is -0.376 e. The van der Waals surface area contributed by atoms with Gasteiger partial charge in [-0.2, -0.15) is 0 Å². The number of rotatable bonds is 1. The van der Waals surface area contributed by atoms with E-state index in [0.717, 1.165) is 10.6 Å². The molecule has 0 atom stereocenters. The normalized spacial score (nSPS) is 10.7. The largest absolute Gasteiger partial charge is 0.376 e. The predicted octanol–water partition coefficient (Wildman–Crippen LogP) is 0.485. The van der Waals surface area contributed by atoms with Crippen molar-refractivity contribution >= 4 is 10.9 Å². The molecule has 5 heteroatoms. The van der Waals surface area contributed by atoms with Crippen LogP contribution in [0.2, 0.25) is 0 Å². The lowest BCUT2D eigenvalue weighted by atomic mass is 10.2. The minimum absolute atomic E-state index is 0.168. The summed E-state index contributed by atoms with van der Waals surface area (Å²) in [5.74, 6) is -0.493. The summed E-state index contributed by atoms with van der Waals surface area (Å²) in [6.45, 7) is -0.460. The highest BCUT2D eigenvalue weighted by Gasteiger charge is 2.03. The topological polar surface area (TPSA) is 55.1 Å². The quantitative estimate of drug-likeness (QED) is 0.718. The summed E-state index contributed by atoms with van der Waals surface area (Å²) in [6.07, 6.45) is 1.22. The van der Waals surface area contributed by atoms with Gasteiger partial charge in [-0.25, -0.2) is 9.37 Å². The molecule has 0 amide bonds. The van der Waals surface area contributed by atoms with Crippen LogP contribution < -0.4 is 5.56 Å². The van der Waals surface area contributed by atoms with Gasteiger partial charge in [0.1, 0.15) is 18.9 Å². The molecular formula is C9H7FN2O2. The van der Waals surface area contributed by atoms with Crippen molar-refractivity contribution in [3.63, 3.8) is 0 Å². The Kier molecular flexibility index (Phi) is 2.01. The van der Waals surface area contributed by atoms with Crippen molar-refractivity contribution in [1.29, 1.82) is 0 Å². The van der Waals surface area contributed by atoms with E-state index in [4.69, 9.17) is 5.11 Å². The van der Waals surface area contributed by atoms with Gasteiger partial charge in [-0.3, -0.25) is 9.36 Å². The lowest BCUT2D eigenvalue weighted by molar-refractivity contribution is 0.205. The Hall–Kier alpha value is -1.75. The standard InChI is InChI=1S/C9H7FN2O2/c10-6-1-2-8-7(3-6)9(14)12(5-13)4-11-8/h1-4,13H,5H2. The first-order chi connectivity index (χ1) is 6.72. The van der Waals surface area contributed by atoms with Crippen LogP contribution in [0.15, 0.2) is 29.3 Å². The second-order valence-electron chi connectivity index (χ2n) is 2.82. The Balaban J connectivity index is 2.87. The molecule has 0 fully saturated rings. The summed E-state index contributed by atoms with van der Waals surface area (Å²) >= 11 is 0. The van der Waals surface area contributed by atoms with Gasteiger partial charge in [0.25, 0.3) is 5.56 Å². The van der Waals surface area contributed by atoms with Gasteiger partial charge in [0, 0.05) is 0 Å². The summed E-state index contributed by atoms with van der Waals surface area (Å²) in [6, 6.07) is 3.77. The number of hydrogen-bond acceptors (Lipinski definition) is 3. The third-order valence-electron chi connectivity index (χ3n) is 1.94. The monoisotopic (exact) mass is 194 g/mol. The lowest BCUT2D eigenvalue weighted by Gasteiger charge is -2.01. The van der Waals surface area contributed by atoms with Gasteiger partial charge in [-0.05, 0) is 18.2 Å². The molecule has 0 aliphatic carbocycles. The molecule has 0 spiro atoms. The van der Waals surface area contributed by atoms with E-state index < -0.39 is 18.1 Å². The van der Waals surface area contributed by atoms with Crippen LogP contribution in [0.3, 0.4) is 0 Å². The number of hydrogen-bond donors (Lipinski definition) is 1. The highest BCUT2D eigenvalue weighted by Crippen LogP contribution is 2.07. The summed E-state index contributed by atoms with van der Waals surface area (Å²) in [7, 11) is 0. The second kappa shape index (κ2) is 3.19. The van der Waals surface area contributed by atoms with Crippen molar-refractivity contribution in [1.82, 2.24) is 9.55 Å². The number of aliphatic hydroxyl groups is 1. The van der Waals surface area contributed by atoms with E-state index in [0.29, 0.717) is 5.52 Å². The second-order valence-corrected chi connectivity index (χ2v) is 2.82. The van der Waals surface area contributed by atoms with Gasteiger partial charge in [0.2, 0.25) is 0 Å². The van der Waals surface area contributed by atoms with Crippen LogP contribution in [-0.2, 0) is 6.73 Å². The van der Waals surface area contributed by atoms with Crippen molar-refractivity contribution in [3.8, 4) is 0 Å². The number of aliphatic hydroxyl groups excluding tert-OH is 1. The van der Waals surface area contributed by atoms with Crippen molar-refractivity contribution in [2.24, 2.45) is 0 Å². The molecule has 0 aliphatic rings. The summed E-state index contributed by atoms with van der Waals surface area (Å²) in [4.78, 5) is 15.4. The van der Waals surface area contributed by atoms with Gasteiger partial charge in [0.15, 0.2) is 0 Å². The smallest absolute Gasteiger partial charge is 0.263 e. The van der Waals surface area contributed by atoms with E-state index in [-0.39, 0.29) is 5.39 Å². The minimum atomic E-state index is -0.493. The zero-order chi connectivity index (χ0) is 10.1. The highest BCUT2D eigenvalue weighted by atomic mass is 19.1. The van der Waals surface area contributed by atoms with Crippen LogP contribution in [0, 0.1) is 5.82 Å². The zero-order valence-corrected chi connectivity index (χ0v) is 7.14. The molecule has 1 aromatic heterocycles. The number of nitrogens with zero attached hydrogens (tertiary/aromatic N) is 2. The van der Waals surface area contributed by atoms with Crippen molar-refractivity contribution in [2.75, 3.05) is 0 Å². The Morgan fingerprint density at radius 1 is 1.50 bits per heavy atom. The molecule has 72 valence electrons. The molecular weight excluding hydrogens is 187 g/mol. The van der Waals surface area contributed by atoms with Crippen LogP contribution in [-0.4, -0.2) is 14.7 Å². The number of fused-ring (bicyclic) bond motifs is 1. The van der Waals surface area contributed by atoms with Gasteiger partial charge in [-0.1, -0.05) is 0 Å². The Labute approximate surface area is 78.2 Å². The van der Waals surface area contributed by atoms with E-state index in [9.17, 15) is 9.18 Å². The molecule has 2 aromatic rings. The Morgan fingerprint density at radius 2 is 2.29 bits per heavy atom. The van der Waals surface area contributed by atoms with Crippen LogP contribution in [0.5, 0.6) is 0 Å². The van der Waals surface area contributed by atoms with Gasteiger partial charge >= 0.3 is 0 Å². The molecule has 1 N–H and O–H groups in total. The molecule has 0 saturated heterocycles. The maximum atomic E-state index is 12.8. The van der Waals surface area contributed by atoms with Crippen molar-refractivity contribution in [2.45, 2.75) is 6.73 Å². The fourth-order valence-corrected chi connectivity index (χ4v) is 1.23. The molecule has 2 rings (SSSR count). The van der Waals surface area contributed by atoms with Crippen LogP contribution >= 0.6 is 0 Å². The summed E-state index contributed by atoms with van der Waals surface area (Å²) in [5, 5.41) is 8.94. The molecule has 14 heavy (non-hydrogen) atoms. The molecule has 0 radical (unpaired) electrons. The van der Waals surface area contributed by atoms with E-state index in [1.54, 1.807) is 0 Å². The maximum Gasteiger partial charge on any atom is 0.263 e. The molecule has 0 saturated carbocycles. The average Bonchev–Trinajstić information content (AvgIpc) is 2.20. The van der Waals surface area contributed by atoms with E-state index in [1.807, 2.05) is 0 Å². The fourth-order valence-electron chi connectivity index (χ4n) is 1.23. The number of aromatic nitrogens is 2. The van der Waals surface area contributed by atoms with Gasteiger partial charge in [0.05, 0.1) is 10.9 Å². The van der Waals surface area contributed by atoms with Gasteiger partial charge in [-0.15, -0.1) is 0 Å². The molecule has 0 aliphatic heterocycles. The van der Waals surface area contributed by atoms with E-state index in [1.165, 1.54) is 18.5 Å². The predicted molar refractivity (Wildman–Crippen MR) is 48.2 cm³/mol. The first kappa shape index (κ1) is 8.83. The lowest BCUT2D eigenvalue weighted by Crippen LogP contribution is -2.20. The van der Waals surface area contributed by atoms with E-state index >= 15 is 0 Å². The fraction of sp³-hybridized carbons (Fsp3) is 0.111. The summed E-state index contributed by atoms with van der Waals surface area (Å²) < 4.78 is 13.8. The van der Waals surface area contributed by atoms with Crippen LogP contribution in [0.25, 0.3) is 10.9 Å².